The zero-order valence-corrected chi connectivity index (χ0v) is 9.93. The number of benzene rings is 1. The van der Waals surface area contributed by atoms with Gasteiger partial charge in [-0.05, 0) is 31.0 Å². The lowest BCUT2D eigenvalue weighted by Crippen LogP contribution is -2.26. The quantitative estimate of drug-likeness (QED) is 0.761. The molecule has 17 heavy (non-hydrogen) atoms. The van der Waals surface area contributed by atoms with Crippen molar-refractivity contribution in [2.24, 2.45) is 5.84 Å². The zero-order chi connectivity index (χ0) is 12.7. The highest BCUT2D eigenvalue weighted by molar-refractivity contribution is 5.87. The highest BCUT2D eigenvalue weighted by Gasteiger charge is 2.04. The van der Waals surface area contributed by atoms with E-state index in [1.165, 1.54) is 32.1 Å². The van der Waals surface area contributed by atoms with E-state index in [1.54, 1.807) is 12.1 Å². The Morgan fingerprint density at radius 1 is 1.41 bits per heavy atom. The Kier molecular flexibility index (Phi) is 5.45. The second-order valence-electron chi connectivity index (χ2n) is 3.78. The molecular weight excluding hydrogens is 220 g/mol. The molecule has 1 aromatic carbocycles. The third-order valence-electron chi connectivity index (χ3n) is 2.46. The lowest BCUT2D eigenvalue weighted by molar-refractivity contribution is 0.0696. The van der Waals surface area contributed by atoms with Crippen molar-refractivity contribution in [3.63, 3.8) is 0 Å². The molecule has 3 N–H and O–H groups in total. The second kappa shape index (κ2) is 6.88. The predicted molar refractivity (Wildman–Crippen MR) is 64.9 cm³/mol. The number of carboxylic acid groups (broad SMARTS) is 1. The maximum atomic E-state index is 10.4. The maximum Gasteiger partial charge on any atom is 0.335 e. The number of nitrogens with two attached hydrogens (primary N) is 1. The summed E-state index contributed by atoms with van der Waals surface area (Å²) < 4.78 is 4.84. The predicted octanol–water partition coefficient (Wildman–Crippen LogP) is 1.35. The summed E-state index contributed by atoms with van der Waals surface area (Å²) in [5.41, 5.74) is 0.240. The lowest BCUT2D eigenvalue weighted by Gasteiger charge is -2.01. The standard InChI is InChI=1S/C8H8O3.C4H10N2/c1-11-7-4-2-3-6(5-7)8(9)10;5-6-3-1-2-4-6/h2-5H,1H3,(H,9,10);1-5H2. The third-order valence-corrected chi connectivity index (χ3v) is 2.46. The van der Waals surface area contributed by atoms with Gasteiger partial charge in [-0.15, -0.1) is 0 Å². The van der Waals surface area contributed by atoms with Crippen LogP contribution in [0.3, 0.4) is 0 Å². The molecule has 0 radical (unpaired) electrons. The zero-order valence-electron chi connectivity index (χ0n) is 9.93. The van der Waals surface area contributed by atoms with E-state index in [2.05, 4.69) is 0 Å². The van der Waals surface area contributed by atoms with Gasteiger partial charge < -0.3 is 9.84 Å². The molecule has 5 heteroatoms. The van der Waals surface area contributed by atoms with Crippen molar-refractivity contribution in [2.45, 2.75) is 12.8 Å². The van der Waals surface area contributed by atoms with E-state index in [0.717, 1.165) is 13.1 Å². The number of hydrazine groups is 1. The lowest BCUT2D eigenvalue weighted by atomic mass is 10.2. The van der Waals surface area contributed by atoms with Gasteiger partial charge >= 0.3 is 5.97 Å². The van der Waals surface area contributed by atoms with Crippen LogP contribution < -0.4 is 10.6 Å². The first-order valence-electron chi connectivity index (χ1n) is 5.50. The molecule has 0 atom stereocenters. The van der Waals surface area contributed by atoms with Crippen molar-refractivity contribution >= 4 is 5.97 Å². The largest absolute Gasteiger partial charge is 0.497 e. The summed E-state index contributed by atoms with van der Waals surface area (Å²) in [6, 6.07) is 6.34. The Hall–Kier alpha value is -1.59. The van der Waals surface area contributed by atoms with Gasteiger partial charge in [0.2, 0.25) is 0 Å². The van der Waals surface area contributed by atoms with E-state index in [9.17, 15) is 4.79 Å². The molecule has 0 saturated carbocycles. The fourth-order valence-corrected chi connectivity index (χ4v) is 1.50. The van der Waals surface area contributed by atoms with Crippen LogP contribution in [0.25, 0.3) is 0 Å². The first-order valence-corrected chi connectivity index (χ1v) is 5.50. The topological polar surface area (TPSA) is 75.8 Å². The van der Waals surface area contributed by atoms with Crippen molar-refractivity contribution in [1.82, 2.24) is 5.01 Å². The van der Waals surface area contributed by atoms with E-state index < -0.39 is 5.97 Å². The maximum absolute atomic E-state index is 10.4. The van der Waals surface area contributed by atoms with Crippen LogP contribution in [0, 0.1) is 0 Å². The van der Waals surface area contributed by atoms with Crippen LogP contribution >= 0.6 is 0 Å². The number of hydrogen-bond donors (Lipinski definition) is 2. The number of ether oxygens (including phenoxy) is 1. The van der Waals surface area contributed by atoms with Crippen LogP contribution in [-0.2, 0) is 0 Å². The summed E-state index contributed by atoms with van der Waals surface area (Å²) in [6.07, 6.45) is 2.58. The normalized spacial score (nSPS) is 14.9. The van der Waals surface area contributed by atoms with Crippen molar-refractivity contribution in [3.8, 4) is 5.75 Å². The Labute approximate surface area is 101 Å². The minimum Gasteiger partial charge on any atom is -0.497 e. The molecule has 0 bridgehead atoms. The van der Waals surface area contributed by atoms with E-state index in [-0.39, 0.29) is 5.56 Å². The van der Waals surface area contributed by atoms with Gasteiger partial charge in [0, 0.05) is 13.1 Å². The molecule has 1 aromatic rings. The molecule has 0 amide bonds. The van der Waals surface area contributed by atoms with Crippen molar-refractivity contribution < 1.29 is 14.6 Å². The van der Waals surface area contributed by atoms with Gasteiger partial charge in [-0.25, -0.2) is 9.80 Å². The van der Waals surface area contributed by atoms with Crippen LogP contribution in [0.5, 0.6) is 5.75 Å². The van der Waals surface area contributed by atoms with Crippen LogP contribution in [-0.4, -0.2) is 36.3 Å². The smallest absolute Gasteiger partial charge is 0.335 e. The summed E-state index contributed by atoms with van der Waals surface area (Å²) in [5.74, 6) is 4.99. The Morgan fingerprint density at radius 3 is 2.47 bits per heavy atom. The molecule has 1 fully saturated rings. The number of carboxylic acids is 1. The summed E-state index contributed by atoms with van der Waals surface area (Å²) in [5, 5.41) is 10.4. The average molecular weight is 238 g/mol. The van der Waals surface area contributed by atoms with E-state index in [4.69, 9.17) is 15.7 Å². The molecule has 1 saturated heterocycles. The molecule has 1 aliphatic heterocycles. The van der Waals surface area contributed by atoms with E-state index in [0.29, 0.717) is 5.75 Å². The highest BCUT2D eigenvalue weighted by atomic mass is 16.5. The van der Waals surface area contributed by atoms with Gasteiger partial charge in [0.15, 0.2) is 0 Å². The average Bonchev–Trinajstić information content (AvgIpc) is 2.81. The van der Waals surface area contributed by atoms with Crippen LogP contribution in [0.4, 0.5) is 0 Å². The van der Waals surface area contributed by atoms with Gasteiger partial charge in [-0.3, -0.25) is 5.84 Å². The molecule has 0 spiro atoms. The van der Waals surface area contributed by atoms with Crippen molar-refractivity contribution in [2.75, 3.05) is 20.2 Å². The first kappa shape index (κ1) is 13.5. The number of rotatable bonds is 2. The summed E-state index contributed by atoms with van der Waals surface area (Å²) in [7, 11) is 1.50. The number of methoxy groups -OCH3 is 1. The fraction of sp³-hybridized carbons (Fsp3) is 0.417. The van der Waals surface area contributed by atoms with Gasteiger partial charge in [0.1, 0.15) is 5.75 Å². The van der Waals surface area contributed by atoms with Crippen LogP contribution in [0.15, 0.2) is 24.3 Å². The van der Waals surface area contributed by atoms with Crippen molar-refractivity contribution in [1.29, 1.82) is 0 Å². The van der Waals surface area contributed by atoms with Gasteiger partial charge in [-0.2, -0.15) is 0 Å². The first-order chi connectivity index (χ1) is 8.13. The SMILES string of the molecule is COc1cccc(C(=O)O)c1.NN1CCCC1. The molecule has 0 aromatic heterocycles. The fourth-order valence-electron chi connectivity index (χ4n) is 1.50. The Bertz CT molecular complexity index is 363. The second-order valence-corrected chi connectivity index (χ2v) is 3.78. The number of nitrogens with zero attached hydrogens (tertiary/aromatic N) is 1. The van der Waals surface area contributed by atoms with E-state index in [1.807, 2.05) is 5.01 Å². The molecule has 0 aliphatic carbocycles. The third kappa shape index (κ3) is 4.84. The minimum absolute atomic E-state index is 0.240. The van der Waals surface area contributed by atoms with Crippen LogP contribution in [0.1, 0.15) is 23.2 Å². The summed E-state index contributed by atoms with van der Waals surface area (Å²) in [6.45, 7) is 2.19. The monoisotopic (exact) mass is 238 g/mol. The van der Waals surface area contributed by atoms with Crippen LogP contribution in [0.2, 0.25) is 0 Å². The molecule has 2 rings (SSSR count). The molecule has 5 nitrogen and oxygen atoms in total. The molecule has 1 aliphatic rings. The molecular formula is C12H18N2O3. The number of aromatic carboxylic acids is 1. The number of carbonyl (C=O) groups is 1. The Balaban J connectivity index is 0.000000202. The Morgan fingerprint density at radius 2 is 2.06 bits per heavy atom. The highest BCUT2D eigenvalue weighted by Crippen LogP contribution is 2.11. The molecule has 0 unspecified atom stereocenters. The van der Waals surface area contributed by atoms with Crippen molar-refractivity contribution in [3.05, 3.63) is 29.8 Å². The van der Waals surface area contributed by atoms with E-state index >= 15 is 0 Å². The minimum atomic E-state index is -0.941. The molecule has 1 heterocycles. The molecule has 94 valence electrons. The summed E-state index contributed by atoms with van der Waals surface area (Å²) in [4.78, 5) is 10.4. The van der Waals surface area contributed by atoms with Gasteiger partial charge in [0.05, 0.1) is 12.7 Å². The van der Waals surface area contributed by atoms with Gasteiger partial charge in [0.25, 0.3) is 0 Å². The summed E-state index contributed by atoms with van der Waals surface area (Å²) >= 11 is 0. The number of hydrogen-bond acceptors (Lipinski definition) is 4. The van der Waals surface area contributed by atoms with Gasteiger partial charge in [-0.1, -0.05) is 6.07 Å².